The summed E-state index contributed by atoms with van der Waals surface area (Å²) in [5.41, 5.74) is 3.79. The summed E-state index contributed by atoms with van der Waals surface area (Å²) in [6, 6.07) is 16.9. The minimum absolute atomic E-state index is 0.793. The normalized spacial score (nSPS) is 10.7. The van der Waals surface area contributed by atoms with Gasteiger partial charge in [-0.1, -0.05) is 62.1 Å². The molecule has 0 spiro atoms. The molecule has 2 heteroatoms. The van der Waals surface area contributed by atoms with Crippen LogP contribution in [-0.4, -0.2) is 12.5 Å². The molecule has 0 aliphatic rings. The first-order valence-electron chi connectivity index (χ1n) is 8.66. The van der Waals surface area contributed by atoms with Crippen LogP contribution in [0.1, 0.15) is 44.1 Å². The first-order chi connectivity index (χ1) is 11.3. The number of ether oxygens (including phenoxy) is 1. The minimum Gasteiger partial charge on any atom is -0.494 e. The zero-order chi connectivity index (χ0) is 16.3. The number of hydrogen-bond donors (Lipinski definition) is 0. The Morgan fingerprint density at radius 1 is 0.826 bits per heavy atom. The largest absolute Gasteiger partial charge is 0.494 e. The number of hydrogen-bond acceptors (Lipinski definition) is 1. The van der Waals surface area contributed by atoms with Gasteiger partial charge in [0.15, 0.2) is 0 Å². The van der Waals surface area contributed by atoms with E-state index in [0.29, 0.717) is 0 Å². The number of alkyl halides is 1. The molecule has 1 nitrogen and oxygen atoms in total. The highest BCUT2D eigenvalue weighted by molar-refractivity contribution is 6.17. The molecule has 0 aliphatic heterocycles. The second kappa shape index (κ2) is 10.3. The summed E-state index contributed by atoms with van der Waals surface area (Å²) in [6.07, 6.45) is 7.34. The van der Waals surface area contributed by atoms with E-state index >= 15 is 0 Å². The molecule has 2 aromatic rings. The number of aryl methyl sites for hydroxylation is 1. The van der Waals surface area contributed by atoms with Gasteiger partial charge in [-0.3, -0.25) is 0 Å². The molecule has 0 saturated carbocycles. The van der Waals surface area contributed by atoms with Gasteiger partial charge in [0.25, 0.3) is 0 Å². The molecule has 0 fully saturated rings. The lowest BCUT2D eigenvalue weighted by molar-refractivity contribution is 0.304. The highest BCUT2D eigenvalue weighted by Gasteiger charge is 2.03. The van der Waals surface area contributed by atoms with E-state index in [1.54, 1.807) is 0 Å². The topological polar surface area (TPSA) is 9.23 Å². The average Bonchev–Trinajstić information content (AvgIpc) is 2.58. The Hall–Kier alpha value is -1.47. The lowest BCUT2D eigenvalue weighted by Crippen LogP contribution is -1.98. The summed E-state index contributed by atoms with van der Waals surface area (Å²) in [5.74, 6) is 1.77. The summed E-state index contributed by atoms with van der Waals surface area (Å²) in [4.78, 5) is 0. The van der Waals surface area contributed by atoms with Crippen molar-refractivity contribution in [3.05, 3.63) is 54.1 Å². The van der Waals surface area contributed by atoms with Gasteiger partial charge in [0, 0.05) is 5.88 Å². The zero-order valence-electron chi connectivity index (χ0n) is 14.1. The maximum absolute atomic E-state index is 5.88. The maximum atomic E-state index is 5.88. The fourth-order valence-electron chi connectivity index (χ4n) is 2.76. The molecule has 0 aromatic heterocycles. The number of unbranched alkanes of at least 4 members (excludes halogenated alkanes) is 5. The van der Waals surface area contributed by atoms with Crippen LogP contribution in [0, 0.1) is 6.92 Å². The van der Waals surface area contributed by atoms with E-state index in [1.165, 1.54) is 42.4 Å². The third kappa shape index (κ3) is 6.27. The van der Waals surface area contributed by atoms with Crippen LogP contribution in [0.2, 0.25) is 0 Å². The molecule has 2 rings (SSSR count). The van der Waals surface area contributed by atoms with E-state index in [1.807, 2.05) is 6.07 Å². The summed E-state index contributed by atoms with van der Waals surface area (Å²) in [6.45, 7) is 2.95. The molecule has 0 aliphatic carbocycles. The van der Waals surface area contributed by atoms with Gasteiger partial charge < -0.3 is 4.74 Å². The van der Waals surface area contributed by atoms with Crippen LogP contribution < -0.4 is 4.74 Å². The van der Waals surface area contributed by atoms with Gasteiger partial charge in [0.2, 0.25) is 0 Å². The van der Waals surface area contributed by atoms with Crippen molar-refractivity contribution in [3.8, 4) is 16.9 Å². The monoisotopic (exact) mass is 330 g/mol. The van der Waals surface area contributed by atoms with Crippen molar-refractivity contribution in [2.45, 2.75) is 45.4 Å². The SMILES string of the molecule is Cc1cc(OCCCCCCCCCl)ccc1-c1ccccc1. The fourth-order valence-corrected chi connectivity index (χ4v) is 2.95. The third-order valence-electron chi connectivity index (χ3n) is 4.08. The molecular weight excluding hydrogens is 304 g/mol. The number of rotatable bonds is 10. The van der Waals surface area contributed by atoms with E-state index in [9.17, 15) is 0 Å². The number of halogens is 1. The van der Waals surface area contributed by atoms with E-state index < -0.39 is 0 Å². The van der Waals surface area contributed by atoms with Gasteiger partial charge in [-0.25, -0.2) is 0 Å². The van der Waals surface area contributed by atoms with Gasteiger partial charge in [-0.15, -0.1) is 11.6 Å². The summed E-state index contributed by atoms with van der Waals surface area (Å²) >= 11 is 5.67. The Morgan fingerprint density at radius 2 is 1.52 bits per heavy atom. The molecule has 2 aromatic carbocycles. The molecule has 0 amide bonds. The minimum atomic E-state index is 0.793. The quantitative estimate of drug-likeness (QED) is 0.351. The van der Waals surface area contributed by atoms with Crippen LogP contribution in [0.25, 0.3) is 11.1 Å². The Balaban J connectivity index is 1.74. The van der Waals surface area contributed by atoms with Gasteiger partial charge in [-0.2, -0.15) is 0 Å². The summed E-state index contributed by atoms with van der Waals surface area (Å²) in [7, 11) is 0. The van der Waals surface area contributed by atoms with Crippen LogP contribution in [0.15, 0.2) is 48.5 Å². The third-order valence-corrected chi connectivity index (χ3v) is 4.35. The van der Waals surface area contributed by atoms with Gasteiger partial charge in [-0.05, 0) is 48.6 Å². The summed E-state index contributed by atoms with van der Waals surface area (Å²) in [5, 5.41) is 0. The lowest BCUT2D eigenvalue weighted by atomic mass is 10.0. The van der Waals surface area contributed by atoms with Gasteiger partial charge in [0.05, 0.1) is 6.61 Å². The molecule has 0 unspecified atom stereocenters. The maximum Gasteiger partial charge on any atom is 0.119 e. The second-order valence-corrected chi connectivity index (χ2v) is 6.38. The first-order valence-corrected chi connectivity index (χ1v) is 9.19. The Morgan fingerprint density at radius 3 is 2.22 bits per heavy atom. The van der Waals surface area contributed by atoms with Crippen molar-refractivity contribution in [3.63, 3.8) is 0 Å². The number of benzene rings is 2. The summed E-state index contributed by atoms with van der Waals surface area (Å²) < 4.78 is 5.88. The molecule has 0 N–H and O–H groups in total. The zero-order valence-corrected chi connectivity index (χ0v) is 14.8. The van der Waals surface area contributed by atoms with E-state index in [-0.39, 0.29) is 0 Å². The van der Waals surface area contributed by atoms with Crippen molar-refractivity contribution in [1.82, 2.24) is 0 Å². The highest BCUT2D eigenvalue weighted by atomic mass is 35.5. The van der Waals surface area contributed by atoms with Crippen LogP contribution in [0.4, 0.5) is 0 Å². The van der Waals surface area contributed by atoms with Crippen LogP contribution in [-0.2, 0) is 0 Å². The molecular formula is C21H27ClO. The van der Waals surface area contributed by atoms with Gasteiger partial charge >= 0.3 is 0 Å². The van der Waals surface area contributed by atoms with Crippen molar-refractivity contribution >= 4 is 11.6 Å². The highest BCUT2D eigenvalue weighted by Crippen LogP contribution is 2.26. The second-order valence-electron chi connectivity index (χ2n) is 6.00. The molecule has 124 valence electrons. The van der Waals surface area contributed by atoms with Gasteiger partial charge in [0.1, 0.15) is 5.75 Å². The lowest BCUT2D eigenvalue weighted by Gasteiger charge is -2.10. The van der Waals surface area contributed by atoms with Crippen LogP contribution in [0.3, 0.4) is 0 Å². The fraction of sp³-hybridized carbons (Fsp3) is 0.429. The molecule has 23 heavy (non-hydrogen) atoms. The van der Waals surface area contributed by atoms with E-state index in [0.717, 1.165) is 31.1 Å². The van der Waals surface area contributed by atoms with Crippen molar-refractivity contribution in [2.75, 3.05) is 12.5 Å². The molecule has 0 heterocycles. The standard InChI is InChI=1S/C21H27ClO/c1-18-17-20(23-16-10-5-3-2-4-9-15-22)13-14-21(18)19-11-7-6-8-12-19/h6-8,11-14,17H,2-5,9-10,15-16H2,1H3. The average molecular weight is 331 g/mol. The first kappa shape index (κ1) is 17.9. The van der Waals surface area contributed by atoms with Crippen molar-refractivity contribution in [1.29, 1.82) is 0 Å². The predicted octanol–water partition coefficient (Wildman–Crippen LogP) is 6.62. The molecule has 0 bridgehead atoms. The molecule has 0 saturated heterocycles. The van der Waals surface area contributed by atoms with Crippen LogP contribution in [0.5, 0.6) is 5.75 Å². The van der Waals surface area contributed by atoms with Crippen molar-refractivity contribution in [2.24, 2.45) is 0 Å². The van der Waals surface area contributed by atoms with E-state index in [2.05, 4.69) is 49.4 Å². The van der Waals surface area contributed by atoms with E-state index in [4.69, 9.17) is 16.3 Å². The molecule has 0 radical (unpaired) electrons. The van der Waals surface area contributed by atoms with Crippen LogP contribution >= 0.6 is 11.6 Å². The smallest absolute Gasteiger partial charge is 0.119 e. The predicted molar refractivity (Wildman–Crippen MR) is 101 cm³/mol. The Kier molecular flexibility index (Phi) is 8.03. The van der Waals surface area contributed by atoms with Crippen molar-refractivity contribution < 1.29 is 4.74 Å². The Bertz CT molecular complexity index is 565. The molecule has 0 atom stereocenters. The Labute approximate surface area is 145 Å².